The minimum absolute atomic E-state index is 0.195. The Kier molecular flexibility index (Phi) is 2.96. The zero-order chi connectivity index (χ0) is 11.6. The molecule has 1 aromatic heterocycles. The number of nitrogens with zero attached hydrogens (tertiary/aromatic N) is 1. The van der Waals surface area contributed by atoms with E-state index in [1.54, 1.807) is 20.8 Å². The van der Waals surface area contributed by atoms with E-state index < -0.39 is 0 Å². The summed E-state index contributed by atoms with van der Waals surface area (Å²) in [5.74, 6) is 0.476. The van der Waals surface area contributed by atoms with E-state index in [0.29, 0.717) is 16.9 Å². The highest BCUT2D eigenvalue weighted by Crippen LogP contribution is 2.25. The van der Waals surface area contributed by atoms with Crippen LogP contribution in [0.1, 0.15) is 23.8 Å². The van der Waals surface area contributed by atoms with Crippen molar-refractivity contribution in [2.45, 2.75) is 20.8 Å². The van der Waals surface area contributed by atoms with Gasteiger partial charge >= 0.3 is 0 Å². The number of anilines is 1. The lowest BCUT2D eigenvalue weighted by atomic mass is 10.2. The van der Waals surface area contributed by atoms with Crippen LogP contribution in [0.3, 0.4) is 0 Å². The van der Waals surface area contributed by atoms with Gasteiger partial charge in [-0.2, -0.15) is 5.26 Å². The van der Waals surface area contributed by atoms with Crippen molar-refractivity contribution in [3.63, 3.8) is 0 Å². The number of nitrogens with one attached hydrogen (secondary N) is 1. The molecule has 15 heavy (non-hydrogen) atoms. The Morgan fingerprint density at radius 2 is 2.13 bits per heavy atom. The molecule has 1 amide bonds. The molecule has 1 rings (SSSR count). The van der Waals surface area contributed by atoms with Crippen molar-refractivity contribution in [1.82, 2.24) is 0 Å². The molecule has 0 spiro atoms. The van der Waals surface area contributed by atoms with Crippen molar-refractivity contribution in [1.29, 1.82) is 5.26 Å². The maximum atomic E-state index is 11.3. The van der Waals surface area contributed by atoms with E-state index in [1.165, 1.54) is 0 Å². The van der Waals surface area contributed by atoms with Crippen LogP contribution >= 0.6 is 0 Å². The normalized spacial score (nSPS) is 9.47. The Morgan fingerprint density at radius 3 is 2.60 bits per heavy atom. The number of aryl methyl sites for hydroxylation is 1. The number of carbonyl (C=O) groups excluding carboxylic acids is 1. The highest BCUT2D eigenvalue weighted by atomic mass is 16.4. The molecule has 78 valence electrons. The topological polar surface area (TPSA) is 66.0 Å². The van der Waals surface area contributed by atoms with Gasteiger partial charge in [0.25, 0.3) is 5.91 Å². The molecule has 4 heteroatoms. The number of nitriles is 1. The molecule has 1 heterocycles. The third-order valence-electron chi connectivity index (χ3n) is 2.11. The molecule has 0 atom stereocenters. The molecule has 0 aliphatic carbocycles. The van der Waals surface area contributed by atoms with Gasteiger partial charge in [-0.05, 0) is 20.8 Å². The van der Waals surface area contributed by atoms with Crippen LogP contribution in [0, 0.1) is 25.2 Å². The average molecular weight is 204 g/mol. The third-order valence-corrected chi connectivity index (χ3v) is 2.11. The smallest absolute Gasteiger partial charge is 0.253 e. The van der Waals surface area contributed by atoms with E-state index in [1.807, 2.05) is 6.07 Å². The van der Waals surface area contributed by atoms with Crippen molar-refractivity contribution in [2.75, 3.05) is 5.32 Å². The summed E-state index contributed by atoms with van der Waals surface area (Å²) in [5, 5.41) is 11.4. The van der Waals surface area contributed by atoms with Crippen molar-refractivity contribution < 1.29 is 9.21 Å². The van der Waals surface area contributed by atoms with E-state index in [9.17, 15) is 4.79 Å². The summed E-state index contributed by atoms with van der Waals surface area (Å²) in [6, 6.07) is 1.99. The first-order chi connectivity index (χ1) is 6.97. The van der Waals surface area contributed by atoms with Crippen LogP contribution in [-0.2, 0) is 4.79 Å². The Bertz CT molecular complexity index is 464. The molecule has 0 saturated heterocycles. The Labute approximate surface area is 88.2 Å². The predicted molar refractivity (Wildman–Crippen MR) is 56.3 cm³/mol. The van der Waals surface area contributed by atoms with Gasteiger partial charge in [-0.25, -0.2) is 0 Å². The zero-order valence-electron chi connectivity index (χ0n) is 8.97. The van der Waals surface area contributed by atoms with Crippen molar-refractivity contribution in [2.24, 2.45) is 0 Å². The van der Waals surface area contributed by atoms with E-state index in [-0.39, 0.29) is 11.8 Å². The fourth-order valence-corrected chi connectivity index (χ4v) is 1.06. The number of hydrogen-bond acceptors (Lipinski definition) is 3. The Morgan fingerprint density at radius 1 is 1.53 bits per heavy atom. The molecule has 1 N–H and O–H groups in total. The molecule has 0 saturated carbocycles. The summed E-state index contributed by atoms with van der Waals surface area (Å²) in [6.07, 6.45) is 0. The van der Waals surface area contributed by atoms with Crippen molar-refractivity contribution in [3.8, 4) is 6.07 Å². The second kappa shape index (κ2) is 4.01. The van der Waals surface area contributed by atoms with Gasteiger partial charge in [-0.1, -0.05) is 6.58 Å². The van der Waals surface area contributed by atoms with Crippen LogP contribution in [0.4, 0.5) is 5.88 Å². The summed E-state index contributed by atoms with van der Waals surface area (Å²) in [5.41, 5.74) is 1.47. The van der Waals surface area contributed by atoms with Crippen LogP contribution in [0.5, 0.6) is 0 Å². The van der Waals surface area contributed by atoms with Gasteiger partial charge in [0, 0.05) is 11.1 Å². The summed E-state index contributed by atoms with van der Waals surface area (Å²) in [6.45, 7) is 8.60. The summed E-state index contributed by atoms with van der Waals surface area (Å²) in [7, 11) is 0. The van der Waals surface area contributed by atoms with Crippen molar-refractivity contribution in [3.05, 3.63) is 29.0 Å². The van der Waals surface area contributed by atoms with Gasteiger partial charge in [0.2, 0.25) is 5.88 Å². The lowest BCUT2D eigenvalue weighted by Crippen LogP contribution is -2.12. The van der Waals surface area contributed by atoms with Gasteiger partial charge in [-0.3, -0.25) is 10.1 Å². The number of rotatable bonds is 2. The van der Waals surface area contributed by atoms with E-state index in [2.05, 4.69) is 11.9 Å². The third kappa shape index (κ3) is 2.08. The predicted octanol–water partition coefficient (Wildman–Crippen LogP) is 2.28. The summed E-state index contributed by atoms with van der Waals surface area (Å²) >= 11 is 0. The Balaban J connectivity index is 3.07. The molecule has 1 aromatic rings. The van der Waals surface area contributed by atoms with Gasteiger partial charge in [-0.15, -0.1) is 0 Å². The van der Waals surface area contributed by atoms with Crippen LogP contribution in [0.25, 0.3) is 0 Å². The minimum atomic E-state index is -0.347. The molecule has 0 aliphatic rings. The lowest BCUT2D eigenvalue weighted by molar-refractivity contribution is -0.112. The summed E-state index contributed by atoms with van der Waals surface area (Å²) in [4.78, 5) is 11.3. The van der Waals surface area contributed by atoms with Gasteiger partial charge in [0.15, 0.2) is 0 Å². The van der Waals surface area contributed by atoms with E-state index in [0.717, 1.165) is 5.56 Å². The first kappa shape index (κ1) is 11.1. The fourth-order valence-electron chi connectivity index (χ4n) is 1.06. The van der Waals surface area contributed by atoms with E-state index >= 15 is 0 Å². The molecular weight excluding hydrogens is 192 g/mol. The molecule has 0 unspecified atom stereocenters. The number of carbonyl (C=O) groups is 1. The fraction of sp³-hybridized carbons (Fsp3) is 0.273. The number of hydrogen-bond donors (Lipinski definition) is 1. The van der Waals surface area contributed by atoms with Crippen LogP contribution in [-0.4, -0.2) is 5.91 Å². The number of furan rings is 1. The maximum Gasteiger partial charge on any atom is 0.253 e. The number of amides is 1. The summed E-state index contributed by atoms with van der Waals surface area (Å²) < 4.78 is 5.26. The molecule has 4 nitrogen and oxygen atoms in total. The molecule has 0 aromatic carbocycles. The van der Waals surface area contributed by atoms with Crippen molar-refractivity contribution >= 4 is 11.8 Å². The van der Waals surface area contributed by atoms with Crippen LogP contribution in [0.2, 0.25) is 0 Å². The SMILES string of the molecule is C=C(C)C(=O)Nc1oc(C)c(C)c1C#N. The zero-order valence-corrected chi connectivity index (χ0v) is 8.97. The highest BCUT2D eigenvalue weighted by molar-refractivity contribution is 6.02. The van der Waals surface area contributed by atoms with Gasteiger partial charge < -0.3 is 4.42 Å². The second-order valence-electron chi connectivity index (χ2n) is 3.33. The van der Waals surface area contributed by atoms with Crippen LogP contribution < -0.4 is 5.32 Å². The molecule has 0 radical (unpaired) electrons. The Hall–Kier alpha value is -2.02. The molecular formula is C11H12N2O2. The largest absolute Gasteiger partial charge is 0.444 e. The van der Waals surface area contributed by atoms with Gasteiger partial charge in [0.05, 0.1) is 0 Å². The minimum Gasteiger partial charge on any atom is -0.444 e. The average Bonchev–Trinajstić information content (AvgIpc) is 2.42. The lowest BCUT2D eigenvalue weighted by Gasteiger charge is -2.00. The molecule has 0 bridgehead atoms. The van der Waals surface area contributed by atoms with E-state index in [4.69, 9.17) is 9.68 Å². The quantitative estimate of drug-likeness (QED) is 0.751. The van der Waals surface area contributed by atoms with Crippen LogP contribution in [0.15, 0.2) is 16.6 Å². The highest BCUT2D eigenvalue weighted by Gasteiger charge is 2.16. The molecule has 0 aliphatic heterocycles. The molecule has 0 fully saturated rings. The monoisotopic (exact) mass is 204 g/mol. The second-order valence-corrected chi connectivity index (χ2v) is 3.33. The first-order valence-corrected chi connectivity index (χ1v) is 4.44. The standard InChI is InChI=1S/C11H12N2O2/c1-6(2)10(14)13-11-9(5-12)7(3)8(4)15-11/h1H2,2-4H3,(H,13,14). The first-order valence-electron chi connectivity index (χ1n) is 4.44. The maximum absolute atomic E-state index is 11.3. The van der Waals surface area contributed by atoms with Gasteiger partial charge in [0.1, 0.15) is 17.4 Å².